The maximum atomic E-state index is 12.4. The van der Waals surface area contributed by atoms with Crippen LogP contribution in [0.1, 0.15) is 33.7 Å². The van der Waals surface area contributed by atoms with Crippen LogP contribution >= 0.6 is 11.3 Å². The molecule has 2 heterocycles. The number of anilines is 1. The van der Waals surface area contributed by atoms with Crippen molar-refractivity contribution in [3.05, 3.63) is 40.9 Å². The van der Waals surface area contributed by atoms with Gasteiger partial charge in [-0.3, -0.25) is 14.9 Å². The summed E-state index contributed by atoms with van der Waals surface area (Å²) in [5, 5.41) is 14.2. The van der Waals surface area contributed by atoms with Gasteiger partial charge in [0, 0.05) is 24.0 Å². The van der Waals surface area contributed by atoms with Crippen LogP contribution in [0.5, 0.6) is 5.75 Å². The number of ether oxygens (including phenoxy) is 1. The fraction of sp³-hybridized carbons (Fsp3) is 0.353. The number of carbonyl (C=O) groups excluding carboxylic acids is 2. The van der Waals surface area contributed by atoms with Gasteiger partial charge in [-0.25, -0.2) is 4.98 Å². The number of aliphatic hydroxyl groups is 1. The number of nitrogens with zero attached hydrogens (tertiary/aromatic N) is 2. The number of hydrogen-bond acceptors (Lipinski definition) is 6. The fourth-order valence-corrected chi connectivity index (χ4v) is 3.25. The monoisotopic (exact) mass is 361 g/mol. The molecular formula is C17H19N3O4S. The van der Waals surface area contributed by atoms with Gasteiger partial charge in [-0.05, 0) is 37.1 Å². The first-order valence-corrected chi connectivity index (χ1v) is 8.83. The van der Waals surface area contributed by atoms with Gasteiger partial charge < -0.3 is 14.7 Å². The van der Waals surface area contributed by atoms with Gasteiger partial charge in [-0.2, -0.15) is 0 Å². The van der Waals surface area contributed by atoms with Gasteiger partial charge in [0.1, 0.15) is 11.4 Å². The van der Waals surface area contributed by atoms with Crippen molar-refractivity contribution in [1.29, 1.82) is 0 Å². The third kappa shape index (κ3) is 4.15. The second kappa shape index (κ2) is 7.62. The molecule has 0 aliphatic carbocycles. The molecule has 0 bridgehead atoms. The molecule has 2 N–H and O–H groups in total. The first-order chi connectivity index (χ1) is 12.1. The van der Waals surface area contributed by atoms with Crippen LogP contribution < -0.4 is 10.1 Å². The molecule has 8 heteroatoms. The Morgan fingerprint density at radius 2 is 1.96 bits per heavy atom. The summed E-state index contributed by atoms with van der Waals surface area (Å²) in [7, 11) is 1.56. The van der Waals surface area contributed by atoms with Crippen molar-refractivity contribution in [3.8, 4) is 5.75 Å². The van der Waals surface area contributed by atoms with Crippen molar-refractivity contribution in [2.45, 2.75) is 18.9 Å². The summed E-state index contributed by atoms with van der Waals surface area (Å²) < 4.78 is 5.06. The van der Waals surface area contributed by atoms with E-state index in [2.05, 4.69) is 10.3 Å². The number of piperidine rings is 1. The zero-order chi connectivity index (χ0) is 17.8. The van der Waals surface area contributed by atoms with E-state index in [1.165, 1.54) is 11.3 Å². The lowest BCUT2D eigenvalue weighted by Gasteiger charge is -2.28. The molecule has 0 saturated carbocycles. The molecule has 1 saturated heterocycles. The van der Waals surface area contributed by atoms with Gasteiger partial charge in [-0.15, -0.1) is 11.3 Å². The Morgan fingerprint density at radius 1 is 1.28 bits per heavy atom. The highest BCUT2D eigenvalue weighted by Crippen LogP contribution is 2.20. The van der Waals surface area contributed by atoms with Crippen LogP contribution in [0, 0.1) is 0 Å². The number of likely N-dealkylation sites (tertiary alicyclic amines) is 1. The third-order valence-corrected chi connectivity index (χ3v) is 4.81. The lowest BCUT2D eigenvalue weighted by molar-refractivity contribution is 0.0542. The molecule has 0 radical (unpaired) electrons. The highest BCUT2D eigenvalue weighted by molar-refractivity contribution is 7.14. The van der Waals surface area contributed by atoms with Crippen molar-refractivity contribution < 1.29 is 19.4 Å². The van der Waals surface area contributed by atoms with Crippen molar-refractivity contribution >= 4 is 28.3 Å². The van der Waals surface area contributed by atoms with Gasteiger partial charge >= 0.3 is 0 Å². The van der Waals surface area contributed by atoms with Crippen LogP contribution in [0.2, 0.25) is 0 Å². The molecule has 0 atom stereocenters. The van der Waals surface area contributed by atoms with Crippen LogP contribution in [0.3, 0.4) is 0 Å². The van der Waals surface area contributed by atoms with Crippen LogP contribution in [0.15, 0.2) is 29.6 Å². The maximum Gasteiger partial charge on any atom is 0.273 e. The van der Waals surface area contributed by atoms with E-state index in [4.69, 9.17) is 4.74 Å². The van der Waals surface area contributed by atoms with E-state index in [9.17, 15) is 14.7 Å². The number of nitrogens with one attached hydrogen (secondary N) is 1. The molecule has 2 aromatic rings. The van der Waals surface area contributed by atoms with Gasteiger partial charge in [0.05, 0.1) is 13.2 Å². The van der Waals surface area contributed by atoms with Crippen molar-refractivity contribution in [2.75, 3.05) is 25.5 Å². The summed E-state index contributed by atoms with van der Waals surface area (Å²) >= 11 is 1.21. The molecule has 0 unspecified atom stereocenters. The average molecular weight is 361 g/mol. The quantitative estimate of drug-likeness (QED) is 0.869. The normalized spacial score (nSPS) is 15.0. The van der Waals surface area contributed by atoms with Gasteiger partial charge in [-0.1, -0.05) is 0 Å². The Bertz CT molecular complexity index is 752. The van der Waals surface area contributed by atoms with Gasteiger partial charge in [0.25, 0.3) is 11.8 Å². The van der Waals surface area contributed by atoms with E-state index in [0.29, 0.717) is 48.1 Å². The second-order valence-corrected chi connectivity index (χ2v) is 6.60. The minimum absolute atomic E-state index is 0.173. The van der Waals surface area contributed by atoms with Crippen molar-refractivity contribution in [2.24, 2.45) is 0 Å². The van der Waals surface area contributed by atoms with Crippen LogP contribution in [-0.2, 0) is 0 Å². The highest BCUT2D eigenvalue weighted by Gasteiger charge is 2.24. The highest BCUT2D eigenvalue weighted by atomic mass is 32.1. The first-order valence-electron chi connectivity index (χ1n) is 7.95. The second-order valence-electron chi connectivity index (χ2n) is 5.74. The molecule has 1 aromatic heterocycles. The maximum absolute atomic E-state index is 12.4. The third-order valence-electron chi connectivity index (χ3n) is 4.05. The Labute approximate surface area is 149 Å². The molecule has 7 nitrogen and oxygen atoms in total. The average Bonchev–Trinajstić information content (AvgIpc) is 3.10. The van der Waals surface area contributed by atoms with Crippen LogP contribution in [-0.4, -0.2) is 53.1 Å². The largest absolute Gasteiger partial charge is 0.497 e. The standard InChI is InChI=1S/C17H19N3O4S/c1-24-13-4-2-11(3-5-13)15(22)19-17-18-14(10-25-17)16(23)20-8-6-12(21)7-9-20/h2-5,10,12,21H,6-9H2,1H3,(H,18,19,22). The van der Waals surface area contributed by atoms with Crippen LogP contribution in [0.25, 0.3) is 0 Å². The summed E-state index contributed by atoms with van der Waals surface area (Å²) in [6.07, 6.45) is 0.826. The number of benzene rings is 1. The molecule has 0 spiro atoms. The number of thiazole rings is 1. The number of aliphatic hydroxyl groups excluding tert-OH is 1. The van der Waals surface area contributed by atoms with Gasteiger partial charge in [0.15, 0.2) is 5.13 Å². The molecule has 132 valence electrons. The summed E-state index contributed by atoms with van der Waals surface area (Å²) in [6, 6.07) is 6.73. The Morgan fingerprint density at radius 3 is 2.60 bits per heavy atom. The SMILES string of the molecule is COc1ccc(C(=O)Nc2nc(C(=O)N3CCC(O)CC3)cs2)cc1. The zero-order valence-electron chi connectivity index (χ0n) is 13.8. The van der Waals surface area contributed by atoms with E-state index in [0.717, 1.165) is 0 Å². The lowest BCUT2D eigenvalue weighted by atomic mass is 10.1. The molecule has 3 rings (SSSR count). The molecule has 1 aromatic carbocycles. The lowest BCUT2D eigenvalue weighted by Crippen LogP contribution is -2.40. The predicted molar refractivity (Wildman–Crippen MR) is 94.2 cm³/mol. The van der Waals surface area contributed by atoms with E-state index in [1.54, 1.807) is 41.7 Å². The summed E-state index contributed by atoms with van der Waals surface area (Å²) in [4.78, 5) is 30.5. The van der Waals surface area contributed by atoms with E-state index in [-0.39, 0.29) is 17.9 Å². The number of carbonyl (C=O) groups is 2. The minimum Gasteiger partial charge on any atom is -0.497 e. The molecular weight excluding hydrogens is 342 g/mol. The zero-order valence-corrected chi connectivity index (χ0v) is 14.6. The molecule has 1 aliphatic rings. The number of hydrogen-bond donors (Lipinski definition) is 2. The van der Waals surface area contributed by atoms with Crippen molar-refractivity contribution in [1.82, 2.24) is 9.88 Å². The summed E-state index contributed by atoms with van der Waals surface area (Å²) in [5.74, 6) is 0.204. The Kier molecular flexibility index (Phi) is 5.30. The summed E-state index contributed by atoms with van der Waals surface area (Å²) in [5.41, 5.74) is 0.792. The fourth-order valence-electron chi connectivity index (χ4n) is 2.57. The Hall–Kier alpha value is -2.45. The molecule has 2 amide bonds. The number of aromatic nitrogens is 1. The molecule has 1 aliphatic heterocycles. The van der Waals surface area contributed by atoms with E-state index in [1.807, 2.05) is 0 Å². The van der Waals surface area contributed by atoms with Gasteiger partial charge in [0.2, 0.25) is 0 Å². The predicted octanol–water partition coefficient (Wildman–Crippen LogP) is 2.00. The summed E-state index contributed by atoms with van der Waals surface area (Å²) in [6.45, 7) is 1.04. The van der Waals surface area contributed by atoms with Crippen molar-refractivity contribution in [3.63, 3.8) is 0 Å². The number of rotatable bonds is 4. The topological polar surface area (TPSA) is 91.8 Å². The van der Waals surface area contributed by atoms with E-state index >= 15 is 0 Å². The van der Waals surface area contributed by atoms with E-state index < -0.39 is 0 Å². The minimum atomic E-state index is -0.334. The smallest absolute Gasteiger partial charge is 0.273 e. The first kappa shape index (κ1) is 17.4. The number of amides is 2. The molecule has 1 fully saturated rings. The molecule has 25 heavy (non-hydrogen) atoms. The Balaban J connectivity index is 1.62. The number of methoxy groups -OCH3 is 1. The van der Waals surface area contributed by atoms with Crippen LogP contribution in [0.4, 0.5) is 5.13 Å².